The van der Waals surface area contributed by atoms with Crippen LogP contribution < -0.4 is 10.3 Å². The number of fused-ring (bicyclic) bond motifs is 1. The summed E-state index contributed by atoms with van der Waals surface area (Å²) in [6.45, 7) is 2.75. The molecule has 24 heavy (non-hydrogen) atoms. The summed E-state index contributed by atoms with van der Waals surface area (Å²) < 4.78 is 9.16. The Hall–Kier alpha value is -2.12. The van der Waals surface area contributed by atoms with Crippen LogP contribution in [0, 0.1) is 0 Å². The highest BCUT2D eigenvalue weighted by Crippen LogP contribution is 2.31. The minimum Gasteiger partial charge on any atom is -0.489 e. The van der Waals surface area contributed by atoms with Crippen molar-refractivity contribution >= 4 is 21.6 Å². The van der Waals surface area contributed by atoms with Gasteiger partial charge in [0.1, 0.15) is 11.9 Å². The minimum absolute atomic E-state index is 0.0385. The number of likely N-dealkylation sites (tertiary alicyclic amines) is 1. The highest BCUT2D eigenvalue weighted by Gasteiger charge is 2.22. The number of aromatic nitrogens is 3. The van der Waals surface area contributed by atoms with E-state index in [1.54, 1.807) is 22.1 Å². The van der Waals surface area contributed by atoms with Gasteiger partial charge in [0.05, 0.1) is 15.9 Å². The molecule has 1 aliphatic heterocycles. The lowest BCUT2D eigenvalue weighted by Gasteiger charge is -2.32. The van der Waals surface area contributed by atoms with Crippen molar-refractivity contribution in [1.29, 1.82) is 0 Å². The van der Waals surface area contributed by atoms with E-state index >= 15 is 0 Å². The van der Waals surface area contributed by atoms with Crippen molar-refractivity contribution < 1.29 is 4.74 Å². The Bertz CT molecular complexity index is 889. The van der Waals surface area contributed by atoms with Crippen molar-refractivity contribution in [1.82, 2.24) is 19.7 Å². The van der Waals surface area contributed by atoms with Crippen LogP contribution in [0.25, 0.3) is 10.2 Å². The van der Waals surface area contributed by atoms with Gasteiger partial charge in [0, 0.05) is 38.9 Å². The van der Waals surface area contributed by atoms with Crippen molar-refractivity contribution in [3.8, 4) is 5.75 Å². The van der Waals surface area contributed by atoms with Gasteiger partial charge >= 0.3 is 0 Å². The van der Waals surface area contributed by atoms with Gasteiger partial charge in [-0.1, -0.05) is 0 Å². The molecule has 0 amide bonds. The van der Waals surface area contributed by atoms with Gasteiger partial charge in [0.25, 0.3) is 5.56 Å². The summed E-state index contributed by atoms with van der Waals surface area (Å²) in [6.07, 6.45) is 4.04. The third-order valence-electron chi connectivity index (χ3n) is 4.53. The van der Waals surface area contributed by atoms with Crippen LogP contribution in [0.15, 0.2) is 34.6 Å². The predicted octanol–water partition coefficient (Wildman–Crippen LogP) is 2.37. The Kier molecular flexibility index (Phi) is 4.12. The highest BCUT2D eigenvalue weighted by atomic mass is 32.1. The maximum absolute atomic E-state index is 11.4. The number of hydrogen-bond donors (Lipinski definition) is 1. The lowest BCUT2D eigenvalue weighted by atomic mass is 10.1. The largest absolute Gasteiger partial charge is 0.489 e. The lowest BCUT2D eigenvalue weighted by Crippen LogP contribution is -2.38. The second kappa shape index (κ2) is 6.41. The molecule has 0 radical (unpaired) electrons. The zero-order valence-corrected chi connectivity index (χ0v) is 14.4. The summed E-state index contributed by atoms with van der Waals surface area (Å²) in [7, 11) is 1.88. The summed E-state index contributed by atoms with van der Waals surface area (Å²) >= 11 is 1.68. The van der Waals surface area contributed by atoms with E-state index in [0.717, 1.165) is 54.1 Å². The second-order valence-corrected chi connectivity index (χ2v) is 7.12. The topological polar surface area (TPSA) is 63.2 Å². The molecule has 1 fully saturated rings. The summed E-state index contributed by atoms with van der Waals surface area (Å²) in [5, 5.41) is 4.81. The van der Waals surface area contributed by atoms with E-state index in [9.17, 15) is 4.79 Å². The van der Waals surface area contributed by atoms with Gasteiger partial charge < -0.3 is 4.74 Å². The molecule has 0 atom stereocenters. The molecule has 0 aliphatic carbocycles. The molecule has 4 rings (SSSR count). The van der Waals surface area contributed by atoms with Gasteiger partial charge in [-0.05, 0) is 30.4 Å². The molecule has 0 bridgehead atoms. The van der Waals surface area contributed by atoms with Crippen molar-refractivity contribution in [2.24, 2.45) is 7.05 Å². The Balaban J connectivity index is 1.37. The van der Waals surface area contributed by atoms with Crippen molar-refractivity contribution in [3.63, 3.8) is 0 Å². The fraction of sp³-hybridized carbons (Fsp3) is 0.412. The summed E-state index contributed by atoms with van der Waals surface area (Å²) in [4.78, 5) is 18.1. The first kappa shape index (κ1) is 15.4. The molecule has 6 nitrogen and oxygen atoms in total. The maximum atomic E-state index is 11.4. The van der Waals surface area contributed by atoms with Gasteiger partial charge in [-0.3, -0.25) is 24.5 Å². The molecule has 1 saturated heterocycles. The van der Waals surface area contributed by atoms with E-state index in [-0.39, 0.29) is 11.7 Å². The fourth-order valence-electron chi connectivity index (χ4n) is 3.21. The lowest BCUT2D eigenvalue weighted by molar-refractivity contribution is 0.0967. The highest BCUT2D eigenvalue weighted by molar-refractivity contribution is 7.17. The van der Waals surface area contributed by atoms with Crippen molar-refractivity contribution in [3.05, 3.63) is 45.8 Å². The number of pyridine rings is 1. The van der Waals surface area contributed by atoms with Crippen LogP contribution in [0.4, 0.5) is 0 Å². The number of thiophene rings is 1. The number of nitrogens with one attached hydrogen (secondary N) is 1. The number of rotatable bonds is 4. The monoisotopic (exact) mass is 344 g/mol. The zero-order chi connectivity index (χ0) is 16.5. The fourth-order valence-corrected chi connectivity index (χ4v) is 4.01. The number of aromatic amines is 1. The van der Waals surface area contributed by atoms with Gasteiger partial charge in [-0.25, -0.2) is 0 Å². The molecule has 0 saturated carbocycles. The maximum Gasteiger partial charge on any atom is 0.264 e. The number of nitrogens with zero attached hydrogens (tertiary/aromatic N) is 3. The first-order valence-electron chi connectivity index (χ1n) is 8.15. The van der Waals surface area contributed by atoms with Gasteiger partial charge in [0.15, 0.2) is 0 Å². The molecular weight excluding hydrogens is 324 g/mol. The van der Waals surface area contributed by atoms with Crippen LogP contribution in [0.3, 0.4) is 0 Å². The van der Waals surface area contributed by atoms with Crippen LogP contribution in [0.2, 0.25) is 0 Å². The Morgan fingerprint density at radius 3 is 2.96 bits per heavy atom. The number of aryl methyl sites for hydroxylation is 1. The molecule has 3 aromatic rings. The Labute approximate surface area is 143 Å². The molecule has 3 aromatic heterocycles. The average molecular weight is 344 g/mol. The number of piperidine rings is 1. The first-order chi connectivity index (χ1) is 11.7. The minimum atomic E-state index is -0.0385. The third kappa shape index (κ3) is 3.09. The molecule has 1 N–H and O–H groups in total. The van der Waals surface area contributed by atoms with Gasteiger partial charge in [-0.15, -0.1) is 11.3 Å². The second-order valence-electron chi connectivity index (χ2n) is 6.21. The van der Waals surface area contributed by atoms with E-state index in [0.29, 0.717) is 0 Å². The van der Waals surface area contributed by atoms with Crippen LogP contribution in [0.5, 0.6) is 5.75 Å². The van der Waals surface area contributed by atoms with Crippen molar-refractivity contribution in [2.45, 2.75) is 25.5 Å². The average Bonchev–Trinajstić information content (AvgIpc) is 3.16. The van der Waals surface area contributed by atoms with E-state index in [2.05, 4.69) is 15.0 Å². The van der Waals surface area contributed by atoms with Crippen LogP contribution in [-0.2, 0) is 13.6 Å². The molecule has 0 spiro atoms. The number of H-pyrrole nitrogens is 1. The summed E-state index contributed by atoms with van der Waals surface area (Å²) in [6, 6.07) is 5.66. The first-order valence-corrected chi connectivity index (χ1v) is 9.03. The molecule has 126 valence electrons. The SMILES string of the molecule is Cn1[nH]c(=O)cc1CN1CCC(Oc2ccnc3ccsc23)CC1. The quantitative estimate of drug-likeness (QED) is 0.789. The molecule has 4 heterocycles. The molecule has 7 heteroatoms. The summed E-state index contributed by atoms with van der Waals surface area (Å²) in [5.74, 6) is 0.946. The van der Waals surface area contributed by atoms with Gasteiger partial charge in [0.2, 0.25) is 0 Å². The third-order valence-corrected chi connectivity index (χ3v) is 5.45. The zero-order valence-electron chi connectivity index (χ0n) is 13.6. The van der Waals surface area contributed by atoms with E-state index in [4.69, 9.17) is 4.74 Å². The Morgan fingerprint density at radius 2 is 2.21 bits per heavy atom. The standard InChI is InChI=1S/C17H20N4O2S/c1-20-12(10-16(22)19-20)11-21-7-3-13(4-8-21)23-15-2-6-18-14-5-9-24-17(14)15/h2,5-6,9-10,13H,3-4,7-8,11H2,1H3,(H,19,22). The molecule has 1 aliphatic rings. The Morgan fingerprint density at radius 1 is 1.38 bits per heavy atom. The van der Waals surface area contributed by atoms with E-state index in [1.807, 2.05) is 30.8 Å². The molecule has 0 unspecified atom stereocenters. The van der Waals surface area contributed by atoms with E-state index in [1.165, 1.54) is 0 Å². The van der Waals surface area contributed by atoms with Crippen molar-refractivity contribution in [2.75, 3.05) is 13.1 Å². The van der Waals surface area contributed by atoms with Crippen LogP contribution in [0.1, 0.15) is 18.5 Å². The molecule has 0 aromatic carbocycles. The smallest absolute Gasteiger partial charge is 0.264 e. The molecular formula is C17H20N4O2S. The summed E-state index contributed by atoms with van der Waals surface area (Å²) in [5.41, 5.74) is 1.99. The van der Waals surface area contributed by atoms with Crippen LogP contribution >= 0.6 is 11.3 Å². The number of hydrogen-bond acceptors (Lipinski definition) is 5. The predicted molar refractivity (Wildman–Crippen MR) is 94.6 cm³/mol. The van der Waals surface area contributed by atoms with Crippen LogP contribution in [-0.4, -0.2) is 38.9 Å². The van der Waals surface area contributed by atoms with E-state index < -0.39 is 0 Å². The normalized spacial score (nSPS) is 16.7. The van der Waals surface area contributed by atoms with Gasteiger partial charge in [-0.2, -0.15) is 0 Å². The number of ether oxygens (including phenoxy) is 1.